The number of piperidine rings is 1. The smallest absolute Gasteiger partial charge is 0.225 e. The van der Waals surface area contributed by atoms with Crippen molar-refractivity contribution in [2.45, 2.75) is 32.2 Å². The monoisotopic (exact) mass is 428 g/mol. The Labute approximate surface area is 188 Å². The van der Waals surface area contributed by atoms with Gasteiger partial charge in [0.15, 0.2) is 0 Å². The van der Waals surface area contributed by atoms with Crippen molar-refractivity contribution in [3.05, 3.63) is 72.4 Å². The number of aromatic nitrogens is 2. The van der Waals surface area contributed by atoms with Gasteiger partial charge in [0, 0.05) is 48.8 Å². The van der Waals surface area contributed by atoms with Gasteiger partial charge in [-0.1, -0.05) is 48.5 Å². The minimum absolute atomic E-state index is 0.0393. The molecule has 164 valence electrons. The first-order valence-corrected chi connectivity index (χ1v) is 11.4. The van der Waals surface area contributed by atoms with Crippen molar-refractivity contribution in [2.24, 2.45) is 11.8 Å². The van der Waals surface area contributed by atoms with Gasteiger partial charge in [-0.05, 0) is 37.8 Å². The number of nitrogens with one attached hydrogen (secondary N) is 1. The van der Waals surface area contributed by atoms with E-state index in [4.69, 9.17) is 5.10 Å². The van der Waals surface area contributed by atoms with E-state index in [2.05, 4.69) is 5.32 Å². The van der Waals surface area contributed by atoms with Gasteiger partial charge < -0.3 is 10.2 Å². The lowest BCUT2D eigenvalue weighted by Gasteiger charge is -2.31. The molecule has 6 heteroatoms. The Bertz CT molecular complexity index is 1080. The fourth-order valence-corrected chi connectivity index (χ4v) is 4.37. The molecule has 2 heterocycles. The predicted octanol–water partition coefficient (Wildman–Crippen LogP) is 3.80. The molecule has 1 aromatic heterocycles. The SMILES string of the molecule is O=C(NCc1cn(-c2ccccc2)nc1-c1ccccc1)C1CCN(C(=O)C2CC2)CC1. The van der Waals surface area contributed by atoms with E-state index in [0.717, 1.165) is 48.2 Å². The minimum Gasteiger partial charge on any atom is -0.352 e. The van der Waals surface area contributed by atoms with Crippen molar-refractivity contribution in [3.8, 4) is 16.9 Å². The zero-order valence-corrected chi connectivity index (χ0v) is 18.1. The molecule has 1 aliphatic carbocycles. The van der Waals surface area contributed by atoms with Crippen LogP contribution in [0.5, 0.6) is 0 Å². The summed E-state index contributed by atoms with van der Waals surface area (Å²) < 4.78 is 1.87. The van der Waals surface area contributed by atoms with Crippen molar-refractivity contribution in [1.82, 2.24) is 20.0 Å². The summed E-state index contributed by atoms with van der Waals surface area (Å²) in [4.78, 5) is 27.1. The molecule has 1 N–H and O–H groups in total. The van der Waals surface area contributed by atoms with E-state index in [9.17, 15) is 9.59 Å². The zero-order valence-electron chi connectivity index (χ0n) is 18.1. The first-order valence-electron chi connectivity index (χ1n) is 11.4. The highest BCUT2D eigenvalue weighted by atomic mass is 16.2. The van der Waals surface area contributed by atoms with Gasteiger partial charge in [0.25, 0.3) is 0 Å². The van der Waals surface area contributed by atoms with Gasteiger partial charge in [0.05, 0.1) is 11.4 Å². The number of amides is 2. The van der Waals surface area contributed by atoms with Crippen molar-refractivity contribution < 1.29 is 9.59 Å². The van der Waals surface area contributed by atoms with E-state index >= 15 is 0 Å². The van der Waals surface area contributed by atoms with Crippen LogP contribution in [0.3, 0.4) is 0 Å². The topological polar surface area (TPSA) is 67.2 Å². The number of hydrogen-bond acceptors (Lipinski definition) is 3. The molecule has 32 heavy (non-hydrogen) atoms. The van der Waals surface area contributed by atoms with Crippen LogP contribution in [0.15, 0.2) is 66.9 Å². The largest absolute Gasteiger partial charge is 0.352 e. The minimum atomic E-state index is -0.0393. The molecule has 5 rings (SSSR count). The molecule has 2 aliphatic rings. The molecule has 2 aromatic carbocycles. The number of hydrogen-bond donors (Lipinski definition) is 1. The molecule has 0 radical (unpaired) electrons. The molecule has 1 saturated heterocycles. The van der Waals surface area contributed by atoms with Crippen LogP contribution in [0.4, 0.5) is 0 Å². The van der Waals surface area contributed by atoms with Crippen LogP contribution in [0, 0.1) is 11.8 Å². The third-order valence-corrected chi connectivity index (χ3v) is 6.42. The Hall–Kier alpha value is -3.41. The van der Waals surface area contributed by atoms with E-state index in [-0.39, 0.29) is 23.7 Å². The Morgan fingerprint density at radius 3 is 2.19 bits per heavy atom. The van der Waals surface area contributed by atoms with Crippen LogP contribution in [0.1, 0.15) is 31.2 Å². The lowest BCUT2D eigenvalue weighted by molar-refractivity contribution is -0.136. The van der Waals surface area contributed by atoms with E-state index in [1.807, 2.05) is 76.4 Å². The quantitative estimate of drug-likeness (QED) is 0.649. The van der Waals surface area contributed by atoms with Gasteiger partial charge in [0.1, 0.15) is 0 Å². The summed E-state index contributed by atoms with van der Waals surface area (Å²) in [5.74, 6) is 0.556. The molecule has 0 bridgehead atoms. The summed E-state index contributed by atoms with van der Waals surface area (Å²) in [5.41, 5.74) is 3.86. The van der Waals surface area contributed by atoms with Crippen molar-refractivity contribution in [2.75, 3.05) is 13.1 Å². The van der Waals surface area contributed by atoms with E-state index in [1.54, 1.807) is 0 Å². The average molecular weight is 429 g/mol. The fourth-order valence-electron chi connectivity index (χ4n) is 4.37. The molecule has 2 amide bonds. The predicted molar refractivity (Wildman–Crippen MR) is 123 cm³/mol. The first kappa shape index (κ1) is 20.5. The second-order valence-corrected chi connectivity index (χ2v) is 8.74. The number of carbonyl (C=O) groups excluding carboxylic acids is 2. The molecular formula is C26H28N4O2. The summed E-state index contributed by atoms with van der Waals surface area (Å²) >= 11 is 0. The number of likely N-dealkylation sites (tertiary alicyclic amines) is 1. The maximum absolute atomic E-state index is 12.9. The summed E-state index contributed by atoms with van der Waals surface area (Å²) in [6.07, 6.45) is 5.52. The normalized spacial score (nSPS) is 16.7. The number of benzene rings is 2. The van der Waals surface area contributed by atoms with Gasteiger partial charge >= 0.3 is 0 Å². The summed E-state index contributed by atoms with van der Waals surface area (Å²) in [5, 5.41) is 7.94. The Morgan fingerprint density at radius 2 is 1.53 bits per heavy atom. The zero-order chi connectivity index (χ0) is 21.9. The Morgan fingerprint density at radius 1 is 0.875 bits per heavy atom. The van der Waals surface area contributed by atoms with Gasteiger partial charge in [-0.25, -0.2) is 4.68 Å². The highest BCUT2D eigenvalue weighted by Crippen LogP contribution is 2.32. The van der Waals surface area contributed by atoms with E-state index in [1.165, 1.54) is 0 Å². The third-order valence-electron chi connectivity index (χ3n) is 6.42. The molecule has 6 nitrogen and oxygen atoms in total. The van der Waals surface area contributed by atoms with Gasteiger partial charge in [0.2, 0.25) is 11.8 Å². The first-order chi connectivity index (χ1) is 15.7. The van der Waals surface area contributed by atoms with Crippen molar-refractivity contribution in [3.63, 3.8) is 0 Å². The summed E-state index contributed by atoms with van der Waals surface area (Å²) in [7, 11) is 0. The highest BCUT2D eigenvalue weighted by Gasteiger charge is 2.35. The number of nitrogens with zero attached hydrogens (tertiary/aromatic N) is 3. The van der Waals surface area contributed by atoms with Crippen LogP contribution in [0.25, 0.3) is 16.9 Å². The van der Waals surface area contributed by atoms with Gasteiger partial charge in [-0.3, -0.25) is 9.59 Å². The molecule has 0 unspecified atom stereocenters. The second-order valence-electron chi connectivity index (χ2n) is 8.74. The van der Waals surface area contributed by atoms with Crippen molar-refractivity contribution >= 4 is 11.8 Å². The molecule has 0 atom stereocenters. The highest BCUT2D eigenvalue weighted by molar-refractivity contribution is 5.82. The van der Waals surface area contributed by atoms with Gasteiger partial charge in [-0.15, -0.1) is 0 Å². The van der Waals surface area contributed by atoms with Crippen molar-refractivity contribution in [1.29, 1.82) is 0 Å². The summed E-state index contributed by atoms with van der Waals surface area (Å²) in [6, 6.07) is 20.0. The van der Waals surface area contributed by atoms with E-state index < -0.39 is 0 Å². The molecule has 3 aromatic rings. The molecular weight excluding hydrogens is 400 g/mol. The molecule has 1 saturated carbocycles. The standard InChI is InChI=1S/C26H28N4O2/c31-25(20-13-15-29(16-14-20)26(32)21-11-12-21)27-17-22-18-30(23-9-5-2-6-10-23)28-24(22)19-7-3-1-4-8-19/h1-10,18,20-21H,11-17H2,(H,27,31). The molecule has 1 aliphatic heterocycles. The molecule has 2 fully saturated rings. The van der Waals surface area contributed by atoms with Crippen LogP contribution in [-0.2, 0) is 16.1 Å². The maximum atomic E-state index is 12.9. The summed E-state index contributed by atoms with van der Waals surface area (Å²) in [6.45, 7) is 1.81. The Balaban J connectivity index is 1.27. The lowest BCUT2D eigenvalue weighted by atomic mass is 9.95. The molecule has 0 spiro atoms. The lowest BCUT2D eigenvalue weighted by Crippen LogP contribution is -2.43. The average Bonchev–Trinajstić information content (AvgIpc) is 3.62. The van der Waals surface area contributed by atoms with Crippen LogP contribution in [0.2, 0.25) is 0 Å². The fraction of sp³-hybridized carbons (Fsp3) is 0.346. The second kappa shape index (κ2) is 8.99. The van der Waals surface area contributed by atoms with E-state index in [0.29, 0.717) is 19.6 Å². The maximum Gasteiger partial charge on any atom is 0.225 e. The third kappa shape index (κ3) is 4.44. The number of carbonyl (C=O) groups is 2. The van der Waals surface area contributed by atoms with Crippen LogP contribution in [-0.4, -0.2) is 39.6 Å². The number of para-hydroxylation sites is 1. The van der Waals surface area contributed by atoms with Crippen LogP contribution >= 0.6 is 0 Å². The number of rotatable bonds is 6. The van der Waals surface area contributed by atoms with Crippen LogP contribution < -0.4 is 5.32 Å². The Kier molecular flexibility index (Phi) is 5.75. The van der Waals surface area contributed by atoms with Gasteiger partial charge in [-0.2, -0.15) is 5.10 Å².